The van der Waals surface area contributed by atoms with E-state index in [-0.39, 0.29) is 0 Å². The molecule has 0 saturated carbocycles. The SMILES string of the molecule is Cc1noc(-c2ccccc2NC2CCCN(C)CC2)n1. The van der Waals surface area contributed by atoms with Crippen LogP contribution in [0.25, 0.3) is 11.5 Å². The van der Waals surface area contributed by atoms with E-state index in [0.717, 1.165) is 24.2 Å². The number of hydrogen-bond acceptors (Lipinski definition) is 5. The van der Waals surface area contributed by atoms with Gasteiger partial charge in [-0.2, -0.15) is 4.98 Å². The van der Waals surface area contributed by atoms with Crippen LogP contribution in [0, 0.1) is 6.92 Å². The molecule has 0 spiro atoms. The lowest BCUT2D eigenvalue weighted by atomic mass is 10.1. The Morgan fingerprint density at radius 3 is 2.90 bits per heavy atom. The summed E-state index contributed by atoms with van der Waals surface area (Å²) in [5.41, 5.74) is 2.06. The van der Waals surface area contributed by atoms with Crippen LogP contribution in [-0.4, -0.2) is 41.2 Å². The number of anilines is 1. The second-order valence-electron chi connectivity index (χ2n) is 5.77. The van der Waals surface area contributed by atoms with Crippen molar-refractivity contribution in [3.05, 3.63) is 30.1 Å². The van der Waals surface area contributed by atoms with E-state index in [1.165, 1.54) is 19.4 Å². The van der Waals surface area contributed by atoms with Gasteiger partial charge >= 0.3 is 0 Å². The predicted molar refractivity (Wildman–Crippen MR) is 83.2 cm³/mol. The molecule has 3 rings (SSSR count). The Labute approximate surface area is 125 Å². The summed E-state index contributed by atoms with van der Waals surface area (Å²) >= 11 is 0. The number of nitrogens with zero attached hydrogens (tertiary/aromatic N) is 3. The van der Waals surface area contributed by atoms with Crippen LogP contribution in [-0.2, 0) is 0 Å². The number of aryl methyl sites for hydroxylation is 1. The van der Waals surface area contributed by atoms with E-state index in [2.05, 4.69) is 33.5 Å². The highest BCUT2D eigenvalue weighted by atomic mass is 16.5. The summed E-state index contributed by atoms with van der Waals surface area (Å²) in [6.07, 6.45) is 3.59. The monoisotopic (exact) mass is 286 g/mol. The van der Waals surface area contributed by atoms with Gasteiger partial charge in [0, 0.05) is 11.7 Å². The lowest BCUT2D eigenvalue weighted by Crippen LogP contribution is -2.23. The molecule has 1 aliphatic rings. The number of likely N-dealkylation sites (tertiary alicyclic amines) is 1. The van der Waals surface area contributed by atoms with Crippen molar-refractivity contribution in [2.24, 2.45) is 0 Å². The fraction of sp³-hybridized carbons (Fsp3) is 0.500. The Hall–Kier alpha value is -1.88. The fourth-order valence-electron chi connectivity index (χ4n) is 2.81. The zero-order chi connectivity index (χ0) is 14.7. The van der Waals surface area contributed by atoms with Gasteiger partial charge in [0.15, 0.2) is 5.82 Å². The standard InChI is InChI=1S/C16H22N4O/c1-12-17-16(21-19-12)14-7-3-4-8-15(14)18-13-6-5-10-20(2)11-9-13/h3-4,7-8,13,18H,5-6,9-11H2,1-2H3. The third-order valence-electron chi connectivity index (χ3n) is 4.00. The molecule has 5 nitrogen and oxygen atoms in total. The molecule has 21 heavy (non-hydrogen) atoms. The Bertz CT molecular complexity index is 595. The van der Waals surface area contributed by atoms with Gasteiger partial charge in [0.2, 0.25) is 0 Å². The molecule has 1 fully saturated rings. The zero-order valence-electron chi connectivity index (χ0n) is 12.7. The van der Waals surface area contributed by atoms with Crippen molar-refractivity contribution in [1.82, 2.24) is 15.0 Å². The van der Waals surface area contributed by atoms with E-state index in [1.54, 1.807) is 0 Å². The molecule has 112 valence electrons. The highest BCUT2D eigenvalue weighted by molar-refractivity contribution is 5.72. The first-order valence-electron chi connectivity index (χ1n) is 7.57. The largest absolute Gasteiger partial charge is 0.382 e. The quantitative estimate of drug-likeness (QED) is 0.940. The second-order valence-corrected chi connectivity index (χ2v) is 5.77. The normalized spacial score (nSPS) is 20.2. The molecule has 1 unspecified atom stereocenters. The van der Waals surface area contributed by atoms with Crippen molar-refractivity contribution in [3.8, 4) is 11.5 Å². The molecule has 1 aromatic heterocycles. The molecule has 2 heterocycles. The minimum Gasteiger partial charge on any atom is -0.382 e. The van der Waals surface area contributed by atoms with E-state index in [0.29, 0.717) is 17.8 Å². The number of rotatable bonds is 3. The number of nitrogens with one attached hydrogen (secondary N) is 1. The van der Waals surface area contributed by atoms with Gasteiger partial charge in [-0.05, 0) is 58.5 Å². The van der Waals surface area contributed by atoms with Gasteiger partial charge in [-0.25, -0.2) is 0 Å². The molecule has 0 amide bonds. The molecular weight excluding hydrogens is 264 g/mol. The second kappa shape index (κ2) is 6.26. The van der Waals surface area contributed by atoms with Crippen molar-refractivity contribution in [3.63, 3.8) is 0 Å². The lowest BCUT2D eigenvalue weighted by Gasteiger charge is -2.19. The zero-order valence-corrected chi connectivity index (χ0v) is 12.7. The van der Waals surface area contributed by atoms with Crippen molar-refractivity contribution in [1.29, 1.82) is 0 Å². The molecule has 1 aliphatic heterocycles. The third kappa shape index (κ3) is 3.42. The molecule has 1 aromatic carbocycles. The number of hydrogen-bond donors (Lipinski definition) is 1. The van der Waals surface area contributed by atoms with Gasteiger partial charge in [-0.15, -0.1) is 0 Å². The van der Waals surface area contributed by atoms with Crippen molar-refractivity contribution in [2.75, 3.05) is 25.5 Å². The van der Waals surface area contributed by atoms with E-state index in [4.69, 9.17) is 4.52 Å². The minimum atomic E-state index is 0.500. The molecule has 5 heteroatoms. The van der Waals surface area contributed by atoms with Crippen LogP contribution in [0.15, 0.2) is 28.8 Å². The van der Waals surface area contributed by atoms with Gasteiger partial charge in [-0.3, -0.25) is 0 Å². The van der Waals surface area contributed by atoms with Crippen LogP contribution in [0.4, 0.5) is 5.69 Å². The topological polar surface area (TPSA) is 54.2 Å². The lowest BCUT2D eigenvalue weighted by molar-refractivity contribution is 0.348. The maximum absolute atomic E-state index is 5.31. The first-order chi connectivity index (χ1) is 10.2. The molecular formula is C16H22N4O. The highest BCUT2D eigenvalue weighted by Gasteiger charge is 2.17. The van der Waals surface area contributed by atoms with E-state index in [1.807, 2.05) is 25.1 Å². The Morgan fingerprint density at radius 1 is 1.24 bits per heavy atom. The number of benzene rings is 1. The van der Waals surface area contributed by atoms with Crippen molar-refractivity contribution >= 4 is 5.69 Å². The maximum Gasteiger partial charge on any atom is 0.260 e. The van der Waals surface area contributed by atoms with Gasteiger partial charge in [0.1, 0.15) is 0 Å². The first-order valence-corrected chi connectivity index (χ1v) is 7.57. The Morgan fingerprint density at radius 2 is 2.10 bits per heavy atom. The summed E-state index contributed by atoms with van der Waals surface area (Å²) in [7, 11) is 2.19. The maximum atomic E-state index is 5.31. The summed E-state index contributed by atoms with van der Waals surface area (Å²) in [6.45, 7) is 4.16. The van der Waals surface area contributed by atoms with E-state index >= 15 is 0 Å². The van der Waals surface area contributed by atoms with Crippen LogP contribution in [0.3, 0.4) is 0 Å². The third-order valence-corrected chi connectivity index (χ3v) is 4.00. The van der Waals surface area contributed by atoms with Gasteiger partial charge < -0.3 is 14.7 Å². The molecule has 2 aromatic rings. The Balaban J connectivity index is 1.79. The molecule has 0 aliphatic carbocycles. The summed E-state index contributed by atoms with van der Waals surface area (Å²) in [5.74, 6) is 1.25. The fourth-order valence-corrected chi connectivity index (χ4v) is 2.81. The number of aromatic nitrogens is 2. The van der Waals surface area contributed by atoms with Crippen molar-refractivity contribution < 1.29 is 4.52 Å². The summed E-state index contributed by atoms with van der Waals surface area (Å²) in [6, 6.07) is 8.65. The Kier molecular flexibility index (Phi) is 4.20. The van der Waals surface area contributed by atoms with Gasteiger partial charge in [0.05, 0.1) is 5.56 Å². The predicted octanol–water partition coefficient (Wildman–Crippen LogP) is 2.94. The summed E-state index contributed by atoms with van der Waals surface area (Å²) in [5, 5.41) is 7.55. The smallest absolute Gasteiger partial charge is 0.260 e. The van der Waals surface area contributed by atoms with Gasteiger partial charge in [0.25, 0.3) is 5.89 Å². The minimum absolute atomic E-state index is 0.500. The molecule has 0 bridgehead atoms. The van der Waals surface area contributed by atoms with E-state index in [9.17, 15) is 0 Å². The van der Waals surface area contributed by atoms with Crippen LogP contribution >= 0.6 is 0 Å². The van der Waals surface area contributed by atoms with Gasteiger partial charge in [-0.1, -0.05) is 17.3 Å². The molecule has 1 atom stereocenters. The number of para-hydroxylation sites is 1. The van der Waals surface area contributed by atoms with Crippen LogP contribution in [0.5, 0.6) is 0 Å². The first kappa shape index (κ1) is 14.1. The van der Waals surface area contributed by atoms with Crippen molar-refractivity contribution in [2.45, 2.75) is 32.2 Å². The van der Waals surface area contributed by atoms with Crippen LogP contribution in [0.2, 0.25) is 0 Å². The molecule has 0 radical (unpaired) electrons. The average molecular weight is 286 g/mol. The van der Waals surface area contributed by atoms with Crippen LogP contribution < -0.4 is 5.32 Å². The average Bonchev–Trinajstić information content (AvgIpc) is 2.81. The highest BCUT2D eigenvalue weighted by Crippen LogP contribution is 2.28. The van der Waals surface area contributed by atoms with Crippen LogP contribution in [0.1, 0.15) is 25.1 Å². The summed E-state index contributed by atoms with van der Waals surface area (Å²) in [4.78, 5) is 6.74. The summed E-state index contributed by atoms with van der Waals surface area (Å²) < 4.78 is 5.31. The van der Waals surface area contributed by atoms with E-state index < -0.39 is 0 Å². The molecule has 1 saturated heterocycles. The molecule has 1 N–H and O–H groups in total.